The van der Waals surface area contributed by atoms with Crippen LogP contribution in [0.3, 0.4) is 0 Å². The Morgan fingerprint density at radius 2 is 1.40 bits per heavy atom. The molecule has 0 amide bonds. The van der Waals surface area contributed by atoms with Gasteiger partial charge >= 0.3 is 160 Å². The van der Waals surface area contributed by atoms with Crippen molar-refractivity contribution in [3.05, 3.63) is 47.7 Å². The average Bonchev–Trinajstić information content (AvgIpc) is 2.64. The molecule has 0 aliphatic rings. The standard InChI is InChI=1S/C23H40GeO/c1-6-9-17-24(18-10-7-2,19-11-8-3)23(21(4)20-25-5)22-15-13-12-14-16-22/h12-16,20,23H,6-11,17-19H2,1-5H3/b21-20-. The molecule has 1 nitrogen and oxygen atoms in total. The van der Waals surface area contributed by atoms with Gasteiger partial charge < -0.3 is 0 Å². The first-order valence-corrected chi connectivity index (χ1v) is 16.1. The van der Waals surface area contributed by atoms with E-state index in [4.69, 9.17) is 4.74 Å². The first-order chi connectivity index (χ1) is 12.1. The topological polar surface area (TPSA) is 9.23 Å². The third-order valence-electron chi connectivity index (χ3n) is 5.59. The van der Waals surface area contributed by atoms with Gasteiger partial charge in [-0.3, -0.25) is 0 Å². The first-order valence-electron chi connectivity index (χ1n) is 10.4. The van der Waals surface area contributed by atoms with Gasteiger partial charge in [0.15, 0.2) is 0 Å². The molecular weight excluding hydrogens is 365 g/mol. The van der Waals surface area contributed by atoms with Crippen molar-refractivity contribution in [3.63, 3.8) is 0 Å². The molecule has 1 unspecified atom stereocenters. The number of allylic oxidation sites excluding steroid dienone is 1. The van der Waals surface area contributed by atoms with Crippen LogP contribution in [0.4, 0.5) is 0 Å². The molecule has 0 aliphatic carbocycles. The molecule has 0 radical (unpaired) electrons. The summed E-state index contributed by atoms with van der Waals surface area (Å²) in [6.07, 6.45) is 10.2. The molecule has 0 spiro atoms. The summed E-state index contributed by atoms with van der Waals surface area (Å²) in [5.41, 5.74) is 2.99. The second-order valence-corrected chi connectivity index (χ2v) is 17.7. The van der Waals surface area contributed by atoms with Crippen LogP contribution in [0.5, 0.6) is 0 Å². The maximum absolute atomic E-state index is 5.48. The molecule has 25 heavy (non-hydrogen) atoms. The van der Waals surface area contributed by atoms with E-state index < -0.39 is 13.3 Å². The van der Waals surface area contributed by atoms with E-state index in [1.165, 1.54) is 65.4 Å². The zero-order valence-electron chi connectivity index (χ0n) is 17.3. The van der Waals surface area contributed by atoms with Crippen LogP contribution in [0.15, 0.2) is 42.2 Å². The molecule has 0 N–H and O–H groups in total. The van der Waals surface area contributed by atoms with E-state index in [1.807, 2.05) is 6.26 Å². The molecule has 0 saturated heterocycles. The summed E-state index contributed by atoms with van der Waals surface area (Å²) in [6, 6.07) is 11.3. The second-order valence-electron chi connectivity index (χ2n) is 7.61. The third kappa shape index (κ3) is 6.85. The maximum atomic E-state index is 5.48. The van der Waals surface area contributed by atoms with Crippen molar-refractivity contribution in [2.45, 2.75) is 86.7 Å². The molecule has 142 valence electrons. The van der Waals surface area contributed by atoms with Crippen LogP contribution in [0.2, 0.25) is 15.8 Å². The molecule has 1 aromatic carbocycles. The molecule has 1 aromatic rings. The average molecular weight is 405 g/mol. The molecule has 1 atom stereocenters. The van der Waals surface area contributed by atoms with Crippen LogP contribution >= 0.6 is 0 Å². The number of ether oxygens (including phenoxy) is 1. The van der Waals surface area contributed by atoms with Gasteiger partial charge in [0.2, 0.25) is 0 Å². The van der Waals surface area contributed by atoms with Crippen molar-refractivity contribution in [2.75, 3.05) is 7.11 Å². The summed E-state index contributed by atoms with van der Waals surface area (Å²) in [6.45, 7) is 9.36. The SMILES string of the molecule is CCC[CH2][Ge]([CH2]CCC)([CH2]CCC)[CH](/C(C)=C\OC)c1ccccc1. The van der Waals surface area contributed by atoms with Gasteiger partial charge in [-0.25, -0.2) is 0 Å². The fourth-order valence-corrected chi connectivity index (χ4v) is 18.5. The number of unbranched alkanes of at least 4 members (excludes halogenated alkanes) is 3. The number of rotatable bonds is 13. The van der Waals surface area contributed by atoms with Gasteiger partial charge in [-0.2, -0.15) is 0 Å². The van der Waals surface area contributed by atoms with Gasteiger partial charge in [0.05, 0.1) is 0 Å². The number of benzene rings is 1. The molecule has 1 rings (SSSR count). The van der Waals surface area contributed by atoms with E-state index in [9.17, 15) is 0 Å². The van der Waals surface area contributed by atoms with Crippen molar-refractivity contribution in [2.24, 2.45) is 0 Å². The normalized spacial score (nSPS) is 13.7. The second kappa shape index (κ2) is 12.6. The van der Waals surface area contributed by atoms with E-state index in [0.29, 0.717) is 4.75 Å². The fourth-order valence-electron chi connectivity index (χ4n) is 4.39. The van der Waals surface area contributed by atoms with Crippen LogP contribution in [-0.2, 0) is 4.74 Å². The molecule has 0 aliphatic heterocycles. The Labute approximate surface area is 159 Å². The van der Waals surface area contributed by atoms with Crippen LogP contribution in [0.1, 0.15) is 76.5 Å². The van der Waals surface area contributed by atoms with Gasteiger partial charge in [-0.15, -0.1) is 0 Å². The summed E-state index contributed by atoms with van der Waals surface area (Å²) in [7, 11) is 1.80. The molecule has 0 saturated carbocycles. The Kier molecular flexibility index (Phi) is 11.3. The van der Waals surface area contributed by atoms with E-state index in [0.717, 1.165) is 0 Å². The van der Waals surface area contributed by atoms with Crippen molar-refractivity contribution in [3.8, 4) is 0 Å². The monoisotopic (exact) mass is 406 g/mol. The molecule has 0 aromatic heterocycles. The minimum absolute atomic E-state index is 0.644. The summed E-state index contributed by atoms with van der Waals surface area (Å²) in [5, 5.41) is 4.51. The first kappa shape index (κ1) is 22.3. The Hall–Kier alpha value is -0.697. The zero-order valence-corrected chi connectivity index (χ0v) is 19.4. The quantitative estimate of drug-likeness (QED) is 0.241. The zero-order chi connectivity index (χ0) is 18.5. The summed E-state index contributed by atoms with van der Waals surface area (Å²) in [4.78, 5) is 0. The summed E-state index contributed by atoms with van der Waals surface area (Å²) < 4.78 is 6.13. The van der Waals surface area contributed by atoms with Gasteiger partial charge in [0.25, 0.3) is 0 Å². The molecule has 2 heteroatoms. The molecule has 0 heterocycles. The molecular formula is C23H40GeO. The Bertz CT molecular complexity index is 458. The van der Waals surface area contributed by atoms with Crippen LogP contribution in [0.25, 0.3) is 0 Å². The van der Waals surface area contributed by atoms with Crippen LogP contribution in [0, 0.1) is 0 Å². The van der Waals surface area contributed by atoms with Gasteiger partial charge in [0, 0.05) is 0 Å². The van der Waals surface area contributed by atoms with Crippen molar-refractivity contribution < 1.29 is 4.74 Å². The Morgan fingerprint density at radius 1 is 0.920 bits per heavy atom. The van der Waals surface area contributed by atoms with E-state index >= 15 is 0 Å². The van der Waals surface area contributed by atoms with Crippen molar-refractivity contribution in [1.29, 1.82) is 0 Å². The third-order valence-corrected chi connectivity index (χ3v) is 18.3. The number of hydrogen-bond donors (Lipinski definition) is 0. The van der Waals surface area contributed by atoms with Crippen LogP contribution in [-0.4, -0.2) is 20.4 Å². The predicted molar refractivity (Wildman–Crippen MR) is 115 cm³/mol. The fraction of sp³-hybridized carbons (Fsp3) is 0.652. The number of hydrogen-bond acceptors (Lipinski definition) is 1. The van der Waals surface area contributed by atoms with Gasteiger partial charge in [-0.1, -0.05) is 0 Å². The number of methoxy groups -OCH3 is 1. The Morgan fingerprint density at radius 3 is 1.80 bits per heavy atom. The van der Waals surface area contributed by atoms with Crippen LogP contribution < -0.4 is 0 Å². The predicted octanol–water partition coefficient (Wildman–Crippen LogP) is 7.71. The van der Waals surface area contributed by atoms with Crippen molar-refractivity contribution in [1.82, 2.24) is 0 Å². The summed E-state index contributed by atoms with van der Waals surface area (Å²) >= 11 is -2.12. The van der Waals surface area contributed by atoms with E-state index in [2.05, 4.69) is 58.0 Å². The minimum atomic E-state index is -2.12. The summed E-state index contributed by atoms with van der Waals surface area (Å²) in [5.74, 6) is 0. The molecule has 0 bridgehead atoms. The van der Waals surface area contributed by atoms with Crippen molar-refractivity contribution >= 4 is 13.3 Å². The Balaban J connectivity index is 3.38. The van der Waals surface area contributed by atoms with Gasteiger partial charge in [-0.05, 0) is 0 Å². The molecule has 0 fully saturated rings. The van der Waals surface area contributed by atoms with E-state index in [-0.39, 0.29) is 0 Å². The van der Waals surface area contributed by atoms with E-state index in [1.54, 1.807) is 7.11 Å². The van der Waals surface area contributed by atoms with Gasteiger partial charge in [0.1, 0.15) is 0 Å².